The van der Waals surface area contributed by atoms with Crippen molar-refractivity contribution in [3.05, 3.63) is 161 Å². The van der Waals surface area contributed by atoms with Crippen LogP contribution >= 0.6 is 7.92 Å². The van der Waals surface area contributed by atoms with Gasteiger partial charge < -0.3 is 0 Å². The summed E-state index contributed by atoms with van der Waals surface area (Å²) in [5.41, 5.74) is 1.92. The third-order valence-corrected chi connectivity index (χ3v) is 8.45. The smallest absolute Gasteiger partial charge is 0.193 e. The van der Waals surface area contributed by atoms with Crippen molar-refractivity contribution in [1.29, 1.82) is 0 Å². The van der Waals surface area contributed by atoms with Crippen LogP contribution in [0.4, 0.5) is 8.78 Å². The Bertz CT molecular complexity index is 1430. The van der Waals surface area contributed by atoms with Crippen LogP contribution in [0, 0.1) is 11.6 Å². The average Bonchev–Trinajstić information content (AvgIpc) is 2.95. The maximum absolute atomic E-state index is 13.2. The number of carbonyl (C=O) groups excluding carboxylic acids is 2. The van der Waals surface area contributed by atoms with Gasteiger partial charge in [-0.05, 0) is 72.4 Å². The molecule has 5 aromatic carbocycles. The SMILES string of the molecule is O=C(c1ccc(F)cc1)c1ccc(P(c2ccccc2)c2ccc(C(=O)c3ccc(F)cc3)cc2)cc1. The maximum atomic E-state index is 13.2. The van der Waals surface area contributed by atoms with Crippen molar-refractivity contribution in [1.82, 2.24) is 0 Å². The minimum Gasteiger partial charge on any atom is -0.289 e. The summed E-state index contributed by atoms with van der Waals surface area (Å²) in [6, 6.07) is 36.1. The Hall–Kier alpha value is -4.27. The molecule has 0 atom stereocenters. The van der Waals surface area contributed by atoms with E-state index in [4.69, 9.17) is 0 Å². The average molecular weight is 506 g/mol. The van der Waals surface area contributed by atoms with Gasteiger partial charge >= 0.3 is 0 Å². The van der Waals surface area contributed by atoms with Crippen LogP contribution in [0.3, 0.4) is 0 Å². The molecule has 5 rings (SSSR count). The first-order valence-corrected chi connectivity index (χ1v) is 13.0. The quantitative estimate of drug-likeness (QED) is 0.195. The molecule has 37 heavy (non-hydrogen) atoms. The number of carbonyl (C=O) groups is 2. The molecule has 0 bridgehead atoms. The zero-order valence-electron chi connectivity index (χ0n) is 19.6. The fraction of sp³-hybridized carbons (Fsp3) is 0. The van der Waals surface area contributed by atoms with Gasteiger partial charge in [-0.25, -0.2) is 8.78 Å². The molecule has 0 aliphatic rings. The molecule has 0 aliphatic carbocycles. The Balaban J connectivity index is 1.45. The Kier molecular flexibility index (Phi) is 7.11. The van der Waals surface area contributed by atoms with Gasteiger partial charge in [-0.2, -0.15) is 0 Å². The lowest BCUT2D eigenvalue weighted by atomic mass is 10.0. The van der Waals surface area contributed by atoms with Gasteiger partial charge in [0.15, 0.2) is 11.6 Å². The zero-order chi connectivity index (χ0) is 25.8. The summed E-state index contributed by atoms with van der Waals surface area (Å²) in [4.78, 5) is 25.7. The normalized spacial score (nSPS) is 10.9. The van der Waals surface area contributed by atoms with Crippen molar-refractivity contribution in [2.24, 2.45) is 0 Å². The summed E-state index contributed by atoms with van der Waals surface area (Å²) in [7, 11) is -0.948. The van der Waals surface area contributed by atoms with E-state index in [0.717, 1.165) is 15.9 Å². The van der Waals surface area contributed by atoms with Crippen molar-refractivity contribution >= 4 is 35.4 Å². The molecule has 0 radical (unpaired) electrons. The van der Waals surface area contributed by atoms with Crippen LogP contribution in [0.1, 0.15) is 31.8 Å². The van der Waals surface area contributed by atoms with Gasteiger partial charge in [0, 0.05) is 22.3 Å². The third kappa shape index (κ3) is 5.45. The van der Waals surface area contributed by atoms with Gasteiger partial charge in [0.2, 0.25) is 0 Å². The highest BCUT2D eigenvalue weighted by Gasteiger charge is 2.18. The Labute approximate surface area is 215 Å². The molecule has 0 spiro atoms. The molecule has 0 fully saturated rings. The monoisotopic (exact) mass is 506 g/mol. The Morgan fingerprint density at radius 3 is 1.05 bits per heavy atom. The van der Waals surface area contributed by atoms with Crippen LogP contribution in [-0.4, -0.2) is 11.6 Å². The van der Waals surface area contributed by atoms with E-state index in [1.807, 2.05) is 42.5 Å². The molecule has 0 saturated carbocycles. The molecule has 0 unspecified atom stereocenters. The van der Waals surface area contributed by atoms with Crippen molar-refractivity contribution in [3.63, 3.8) is 0 Å². The van der Waals surface area contributed by atoms with Crippen LogP contribution in [0.5, 0.6) is 0 Å². The lowest BCUT2D eigenvalue weighted by Crippen LogP contribution is -2.21. The first kappa shape index (κ1) is 24.4. The first-order chi connectivity index (χ1) is 18.0. The van der Waals surface area contributed by atoms with Crippen LogP contribution in [0.25, 0.3) is 0 Å². The van der Waals surface area contributed by atoms with E-state index in [0.29, 0.717) is 22.3 Å². The number of ketones is 2. The molecule has 0 amide bonds. The molecule has 0 heterocycles. The molecule has 0 aromatic heterocycles. The van der Waals surface area contributed by atoms with Crippen molar-refractivity contribution in [2.45, 2.75) is 0 Å². The van der Waals surface area contributed by atoms with Gasteiger partial charge in [-0.15, -0.1) is 0 Å². The van der Waals surface area contributed by atoms with Crippen LogP contribution in [0.15, 0.2) is 127 Å². The predicted molar refractivity (Wildman–Crippen MR) is 145 cm³/mol. The molecule has 0 saturated heterocycles. The largest absolute Gasteiger partial charge is 0.289 e. The van der Waals surface area contributed by atoms with Crippen molar-refractivity contribution in [2.75, 3.05) is 0 Å². The van der Waals surface area contributed by atoms with Crippen LogP contribution < -0.4 is 15.9 Å². The molecule has 180 valence electrons. The summed E-state index contributed by atoms with van der Waals surface area (Å²) in [6.07, 6.45) is 0. The summed E-state index contributed by atoms with van der Waals surface area (Å²) in [6.45, 7) is 0. The molecule has 0 aliphatic heterocycles. The Morgan fingerprint density at radius 2 is 0.703 bits per heavy atom. The summed E-state index contributed by atoms with van der Waals surface area (Å²) >= 11 is 0. The van der Waals surface area contributed by atoms with E-state index < -0.39 is 7.92 Å². The topological polar surface area (TPSA) is 34.1 Å². The van der Waals surface area contributed by atoms with E-state index >= 15 is 0 Å². The molecule has 5 heteroatoms. The fourth-order valence-corrected chi connectivity index (χ4v) is 6.34. The molecule has 5 aromatic rings. The molecule has 2 nitrogen and oxygen atoms in total. The molecular weight excluding hydrogens is 485 g/mol. The third-order valence-electron chi connectivity index (χ3n) is 6.00. The highest BCUT2D eigenvalue weighted by atomic mass is 31.1. The van der Waals surface area contributed by atoms with E-state index in [9.17, 15) is 18.4 Å². The van der Waals surface area contributed by atoms with E-state index in [-0.39, 0.29) is 23.2 Å². The van der Waals surface area contributed by atoms with E-state index in [1.54, 1.807) is 24.3 Å². The lowest BCUT2D eigenvalue weighted by molar-refractivity contribution is 0.103. The zero-order valence-corrected chi connectivity index (χ0v) is 20.5. The second-order valence-electron chi connectivity index (χ2n) is 8.44. The standard InChI is InChI=1S/C32H21F2O2P/c33-26-14-6-22(7-15-26)31(35)24-10-18-29(19-11-24)37(28-4-2-1-3-5-28)30-20-12-25(13-21-30)32(36)23-8-16-27(34)17-9-23/h1-21H. The summed E-state index contributed by atoms with van der Waals surface area (Å²) in [5.74, 6) is -1.10. The minimum atomic E-state index is -0.948. The lowest BCUT2D eigenvalue weighted by Gasteiger charge is -2.20. The van der Waals surface area contributed by atoms with Gasteiger partial charge in [0.05, 0.1) is 0 Å². The van der Waals surface area contributed by atoms with Crippen molar-refractivity contribution in [3.8, 4) is 0 Å². The highest BCUT2D eigenvalue weighted by Crippen LogP contribution is 2.33. The summed E-state index contributed by atoms with van der Waals surface area (Å²) < 4.78 is 26.5. The second-order valence-corrected chi connectivity index (χ2v) is 10.7. The number of hydrogen-bond donors (Lipinski definition) is 0. The van der Waals surface area contributed by atoms with E-state index in [1.165, 1.54) is 48.5 Å². The van der Waals surface area contributed by atoms with Crippen LogP contribution in [-0.2, 0) is 0 Å². The fourth-order valence-electron chi connectivity index (χ4n) is 4.08. The maximum Gasteiger partial charge on any atom is 0.193 e. The van der Waals surface area contributed by atoms with Crippen molar-refractivity contribution < 1.29 is 18.4 Å². The summed E-state index contributed by atoms with van der Waals surface area (Å²) in [5, 5.41) is 3.23. The number of benzene rings is 5. The highest BCUT2D eigenvalue weighted by molar-refractivity contribution is 7.79. The van der Waals surface area contributed by atoms with Gasteiger partial charge in [0.25, 0.3) is 0 Å². The first-order valence-electron chi connectivity index (χ1n) is 11.7. The van der Waals surface area contributed by atoms with Gasteiger partial charge in [0.1, 0.15) is 11.6 Å². The molecular formula is C32H21F2O2P. The molecule has 0 N–H and O–H groups in total. The number of halogens is 2. The van der Waals surface area contributed by atoms with Crippen LogP contribution in [0.2, 0.25) is 0 Å². The predicted octanol–water partition coefficient (Wildman–Crippen LogP) is 6.19. The number of hydrogen-bond acceptors (Lipinski definition) is 2. The minimum absolute atomic E-state index is 0.167. The Morgan fingerprint density at radius 1 is 0.405 bits per heavy atom. The van der Waals surface area contributed by atoms with E-state index in [2.05, 4.69) is 12.1 Å². The number of rotatable bonds is 7. The van der Waals surface area contributed by atoms with Gasteiger partial charge in [-0.3, -0.25) is 9.59 Å². The van der Waals surface area contributed by atoms with Gasteiger partial charge in [-0.1, -0.05) is 78.9 Å². The second kappa shape index (κ2) is 10.8.